The largest absolute Gasteiger partial charge is 0.452 e. The number of rotatable bonds is 6. The van der Waals surface area contributed by atoms with E-state index in [0.717, 1.165) is 99.5 Å². The van der Waals surface area contributed by atoms with Crippen LogP contribution in [-0.4, -0.2) is 0 Å². The first-order chi connectivity index (χ1) is 42.6. The van der Waals surface area contributed by atoms with Crippen LogP contribution in [0.5, 0.6) is 0 Å². The molecule has 0 aliphatic heterocycles. The highest BCUT2D eigenvalue weighted by Gasteiger charge is 2.25. The molecule has 4 nitrogen and oxygen atoms in total. The summed E-state index contributed by atoms with van der Waals surface area (Å²) in [4.78, 5) is 4.95. The molecule has 86 heavy (non-hydrogen) atoms. The van der Waals surface area contributed by atoms with Crippen molar-refractivity contribution in [2.75, 3.05) is 9.80 Å². The Hall–Kier alpha value is -11.5. The molecule has 0 saturated heterocycles. The standard InChI is InChI=1S/C82H48N2O2/c1-5-21-63-49(13-1)29-33-53-17-9-25-71(77(53)63)83(72-26-10-18-54-34-30-50-14-2-6-22-64(50)78(54)72)61-39-37-57-45-69-67-41-42-68-70-46-58-38-40-62(44-60(58)48-76(70)86-82(68)81(67)85-75(69)47-59(57)43-61)84(73-27-11-19-55-35-31-51-15-3-7-23-65(51)79(55)73)74-28-12-20-56-36-32-52-16-4-8-24-66(52)80(56)74/h1-48H. The summed E-state index contributed by atoms with van der Waals surface area (Å²) < 4.78 is 14.1. The van der Waals surface area contributed by atoms with Gasteiger partial charge in [-0.2, -0.15) is 0 Å². The lowest BCUT2D eigenvalue weighted by atomic mass is 9.96. The van der Waals surface area contributed by atoms with Gasteiger partial charge in [-0.15, -0.1) is 0 Å². The number of anilines is 6. The van der Waals surface area contributed by atoms with Gasteiger partial charge < -0.3 is 18.6 Å². The summed E-state index contributed by atoms with van der Waals surface area (Å²) in [6.07, 6.45) is 0. The van der Waals surface area contributed by atoms with Crippen molar-refractivity contribution in [3.8, 4) is 0 Å². The van der Waals surface area contributed by atoms with Crippen LogP contribution in [0.15, 0.2) is 300 Å². The van der Waals surface area contributed by atoms with Gasteiger partial charge in [-0.05, 0) is 171 Å². The lowest BCUT2D eigenvalue weighted by molar-refractivity contribution is 0.634. The highest BCUT2D eigenvalue weighted by molar-refractivity contribution is 6.24. The zero-order chi connectivity index (χ0) is 56.1. The molecule has 0 N–H and O–H groups in total. The van der Waals surface area contributed by atoms with Gasteiger partial charge in [-0.1, -0.05) is 206 Å². The van der Waals surface area contributed by atoms with Crippen LogP contribution in [0, 0.1) is 0 Å². The van der Waals surface area contributed by atoms with Crippen LogP contribution >= 0.6 is 0 Å². The minimum absolute atomic E-state index is 0.749. The van der Waals surface area contributed by atoms with E-state index in [4.69, 9.17) is 8.83 Å². The molecule has 19 rings (SSSR count). The molecule has 0 saturated carbocycles. The molecule has 0 fully saturated rings. The number of hydrogen-bond acceptors (Lipinski definition) is 4. The van der Waals surface area contributed by atoms with Gasteiger partial charge in [0, 0.05) is 54.5 Å². The third kappa shape index (κ3) is 6.93. The Balaban J connectivity index is 0.781. The maximum absolute atomic E-state index is 7.05. The fraction of sp³-hybridized carbons (Fsp3) is 0. The van der Waals surface area contributed by atoms with Crippen LogP contribution < -0.4 is 9.80 Å². The summed E-state index contributed by atoms with van der Waals surface area (Å²) in [5, 5.41) is 27.9. The van der Waals surface area contributed by atoms with Gasteiger partial charge in [0.05, 0.1) is 22.7 Å². The average molecular weight is 1090 g/mol. The van der Waals surface area contributed by atoms with Gasteiger partial charge in [-0.3, -0.25) is 0 Å². The normalized spacial score (nSPS) is 12.2. The Morgan fingerprint density at radius 3 is 0.814 bits per heavy atom. The molecule has 0 atom stereocenters. The molecular formula is C82H48N2O2. The second-order valence-electron chi connectivity index (χ2n) is 23.1. The van der Waals surface area contributed by atoms with E-state index in [9.17, 15) is 0 Å². The van der Waals surface area contributed by atoms with Crippen LogP contribution in [0.25, 0.3) is 152 Å². The molecule has 0 spiro atoms. The maximum Gasteiger partial charge on any atom is 0.178 e. The molecule has 0 bridgehead atoms. The summed E-state index contributed by atoms with van der Waals surface area (Å²) in [6, 6.07) is 107. The zero-order valence-corrected chi connectivity index (χ0v) is 46.4. The van der Waals surface area contributed by atoms with Crippen molar-refractivity contribution in [1.29, 1.82) is 0 Å². The van der Waals surface area contributed by atoms with E-state index in [0.29, 0.717) is 0 Å². The first-order valence-corrected chi connectivity index (χ1v) is 29.5. The molecule has 0 aliphatic rings. The topological polar surface area (TPSA) is 32.8 Å². The van der Waals surface area contributed by atoms with Crippen LogP contribution in [0.3, 0.4) is 0 Å². The summed E-state index contributed by atoms with van der Waals surface area (Å²) in [5.74, 6) is 0. The van der Waals surface area contributed by atoms with Crippen molar-refractivity contribution in [2.45, 2.75) is 0 Å². The maximum atomic E-state index is 7.05. The summed E-state index contributed by atoms with van der Waals surface area (Å²) >= 11 is 0. The fourth-order valence-corrected chi connectivity index (χ4v) is 14.5. The Morgan fingerprint density at radius 2 is 0.477 bits per heavy atom. The summed E-state index contributed by atoms with van der Waals surface area (Å²) in [7, 11) is 0. The van der Waals surface area contributed by atoms with Crippen molar-refractivity contribution in [3.63, 3.8) is 0 Å². The predicted molar refractivity (Wildman–Crippen MR) is 365 cm³/mol. The molecule has 4 heteroatoms. The SMILES string of the molecule is c1ccc2c(c1)ccc1cccc(N(c3ccc4cc5c(cc4c3)oc3c5ccc4c5cc6ccc(N(c7cccc8ccc9ccccc9c78)c7cccc8ccc9ccccc9c78)cc6cc5oc43)c3cccc4ccc5ccccc5c34)c12. The van der Waals surface area contributed by atoms with Crippen molar-refractivity contribution in [1.82, 2.24) is 0 Å². The molecular weight excluding hydrogens is 1040 g/mol. The van der Waals surface area contributed by atoms with E-state index in [-0.39, 0.29) is 0 Å². The molecule has 19 aromatic rings. The molecule has 2 aromatic heterocycles. The quantitative estimate of drug-likeness (QED) is 0.155. The van der Waals surface area contributed by atoms with Gasteiger partial charge in [0.2, 0.25) is 0 Å². The molecule has 0 aliphatic carbocycles. The molecule has 0 amide bonds. The van der Waals surface area contributed by atoms with Crippen LogP contribution in [0.1, 0.15) is 0 Å². The third-order valence-corrected chi connectivity index (χ3v) is 18.4. The van der Waals surface area contributed by atoms with Crippen molar-refractivity contribution in [3.05, 3.63) is 291 Å². The monoisotopic (exact) mass is 1090 g/mol. The van der Waals surface area contributed by atoms with Gasteiger partial charge in [0.25, 0.3) is 0 Å². The van der Waals surface area contributed by atoms with Gasteiger partial charge in [0.1, 0.15) is 11.2 Å². The van der Waals surface area contributed by atoms with E-state index < -0.39 is 0 Å². The van der Waals surface area contributed by atoms with E-state index in [1.165, 1.54) is 86.2 Å². The fourth-order valence-electron chi connectivity index (χ4n) is 14.5. The predicted octanol–water partition coefficient (Wildman–Crippen LogP) is 24.0. The van der Waals surface area contributed by atoms with Crippen LogP contribution in [0.4, 0.5) is 34.1 Å². The summed E-state index contributed by atoms with van der Waals surface area (Å²) in [6.45, 7) is 0. The molecule has 0 unspecified atom stereocenters. The molecule has 0 radical (unpaired) electrons. The first-order valence-electron chi connectivity index (χ1n) is 29.5. The molecule has 2 heterocycles. The lowest BCUT2D eigenvalue weighted by Gasteiger charge is -2.29. The number of hydrogen-bond donors (Lipinski definition) is 0. The van der Waals surface area contributed by atoms with E-state index in [1.54, 1.807) is 0 Å². The van der Waals surface area contributed by atoms with Crippen LogP contribution in [0.2, 0.25) is 0 Å². The Morgan fingerprint density at radius 1 is 0.186 bits per heavy atom. The van der Waals surface area contributed by atoms with Gasteiger partial charge in [-0.25, -0.2) is 0 Å². The minimum Gasteiger partial charge on any atom is -0.452 e. The van der Waals surface area contributed by atoms with E-state index in [2.05, 4.69) is 301 Å². The second-order valence-corrected chi connectivity index (χ2v) is 23.1. The number of nitrogens with zero attached hydrogens (tertiary/aromatic N) is 2. The highest BCUT2D eigenvalue weighted by atomic mass is 16.4. The second kappa shape index (κ2) is 18.0. The average Bonchev–Trinajstić information content (AvgIpc) is 1.65. The van der Waals surface area contributed by atoms with Crippen molar-refractivity contribution < 1.29 is 8.83 Å². The minimum atomic E-state index is 0.749. The molecule has 17 aromatic carbocycles. The van der Waals surface area contributed by atoms with Crippen molar-refractivity contribution >= 4 is 186 Å². The van der Waals surface area contributed by atoms with Crippen molar-refractivity contribution in [2.24, 2.45) is 0 Å². The number of furan rings is 2. The van der Waals surface area contributed by atoms with Gasteiger partial charge in [0.15, 0.2) is 11.2 Å². The van der Waals surface area contributed by atoms with E-state index in [1.807, 2.05) is 0 Å². The smallest absolute Gasteiger partial charge is 0.178 e. The number of fused-ring (bicyclic) bond motifs is 21. The Labute approximate surface area is 492 Å². The van der Waals surface area contributed by atoms with E-state index >= 15 is 0 Å². The lowest BCUT2D eigenvalue weighted by Crippen LogP contribution is -2.11. The Bertz CT molecular complexity index is 5520. The summed E-state index contributed by atoms with van der Waals surface area (Å²) in [5.41, 5.74) is 9.72. The van der Waals surface area contributed by atoms with Gasteiger partial charge >= 0.3 is 0 Å². The zero-order valence-electron chi connectivity index (χ0n) is 46.4. The highest BCUT2D eigenvalue weighted by Crippen LogP contribution is 2.50. The third-order valence-electron chi connectivity index (χ3n) is 18.4. The van der Waals surface area contributed by atoms with Crippen LogP contribution in [-0.2, 0) is 0 Å². The molecule has 398 valence electrons. The number of benzene rings is 17. The first kappa shape index (κ1) is 47.1. The Kier molecular flexibility index (Phi) is 9.86.